The normalized spacial score (nSPS) is 36.6. The first-order chi connectivity index (χ1) is 14.0. The van der Waals surface area contributed by atoms with Crippen molar-refractivity contribution in [2.24, 2.45) is 5.41 Å². The fourth-order valence-corrected chi connectivity index (χ4v) is 6.54. The zero-order valence-corrected chi connectivity index (χ0v) is 17.9. The Morgan fingerprint density at radius 1 is 1.10 bits per heavy atom. The van der Waals surface area contributed by atoms with Crippen molar-refractivity contribution < 1.29 is 19.1 Å². The first-order valence-corrected chi connectivity index (χ1v) is 11.7. The molecule has 0 bridgehead atoms. The van der Waals surface area contributed by atoms with Crippen LogP contribution in [0, 0.1) is 5.41 Å². The van der Waals surface area contributed by atoms with Crippen LogP contribution in [0.1, 0.15) is 65.2 Å². The van der Waals surface area contributed by atoms with E-state index in [0.717, 1.165) is 64.7 Å². The van der Waals surface area contributed by atoms with Gasteiger partial charge in [0.25, 0.3) is 0 Å². The molecule has 5 aliphatic rings. The van der Waals surface area contributed by atoms with Crippen molar-refractivity contribution in [1.82, 2.24) is 14.7 Å². The van der Waals surface area contributed by atoms with Gasteiger partial charge < -0.3 is 19.3 Å². The van der Waals surface area contributed by atoms with Crippen LogP contribution >= 0.6 is 0 Å². The van der Waals surface area contributed by atoms with Crippen LogP contribution in [0.3, 0.4) is 0 Å². The van der Waals surface area contributed by atoms with E-state index in [1.54, 1.807) is 0 Å². The molecule has 0 aromatic heterocycles. The van der Waals surface area contributed by atoms with Crippen LogP contribution in [-0.4, -0.2) is 83.4 Å². The molecular formula is C22H35N3O4. The number of piperidine rings is 1. The van der Waals surface area contributed by atoms with Gasteiger partial charge in [-0.15, -0.1) is 0 Å². The number of amides is 2. The van der Waals surface area contributed by atoms with E-state index in [1.165, 1.54) is 12.8 Å². The van der Waals surface area contributed by atoms with E-state index in [9.17, 15) is 9.59 Å². The molecule has 7 nitrogen and oxygen atoms in total. The maximum atomic E-state index is 12.5. The van der Waals surface area contributed by atoms with Crippen molar-refractivity contribution in [3.8, 4) is 0 Å². The van der Waals surface area contributed by atoms with Crippen molar-refractivity contribution >= 4 is 12.2 Å². The van der Waals surface area contributed by atoms with Gasteiger partial charge in [-0.3, -0.25) is 4.90 Å². The molecule has 29 heavy (non-hydrogen) atoms. The Labute approximate surface area is 173 Å². The number of rotatable bonds is 4. The summed E-state index contributed by atoms with van der Waals surface area (Å²) in [6.45, 7) is 8.23. The van der Waals surface area contributed by atoms with Gasteiger partial charge in [-0.1, -0.05) is 6.92 Å². The van der Waals surface area contributed by atoms with Gasteiger partial charge in [0.05, 0.1) is 12.6 Å². The Bertz CT molecular complexity index is 665. The number of carbonyl (C=O) groups excluding carboxylic acids is 2. The lowest BCUT2D eigenvalue weighted by molar-refractivity contribution is -0.0637. The van der Waals surface area contributed by atoms with Crippen molar-refractivity contribution in [3.05, 3.63) is 0 Å². The monoisotopic (exact) mass is 405 g/mol. The number of ether oxygens (including phenoxy) is 2. The molecule has 0 radical (unpaired) electrons. The Hall–Kier alpha value is -1.50. The second kappa shape index (κ2) is 7.03. The molecule has 162 valence electrons. The molecule has 2 spiro atoms. The van der Waals surface area contributed by atoms with Crippen LogP contribution in [0.2, 0.25) is 0 Å². The Balaban J connectivity index is 1.15. The molecule has 2 amide bonds. The van der Waals surface area contributed by atoms with Crippen LogP contribution in [-0.2, 0) is 9.47 Å². The summed E-state index contributed by atoms with van der Waals surface area (Å²) in [5.41, 5.74) is 0.0432. The van der Waals surface area contributed by atoms with Crippen LogP contribution < -0.4 is 0 Å². The Kier molecular flexibility index (Phi) is 4.72. The predicted octanol–water partition coefficient (Wildman–Crippen LogP) is 3.23. The first kappa shape index (κ1) is 19.5. The number of carbonyl (C=O) groups is 2. The van der Waals surface area contributed by atoms with Crippen molar-refractivity contribution in [3.63, 3.8) is 0 Å². The van der Waals surface area contributed by atoms with Gasteiger partial charge in [0.2, 0.25) is 0 Å². The number of nitrogens with zero attached hydrogens (tertiary/aromatic N) is 3. The molecule has 2 saturated carbocycles. The fourth-order valence-electron chi connectivity index (χ4n) is 6.54. The van der Waals surface area contributed by atoms with E-state index in [1.807, 2.05) is 11.8 Å². The molecule has 0 aromatic carbocycles. The smallest absolute Gasteiger partial charge is 0.411 e. The molecule has 5 rings (SSSR count). The number of likely N-dealkylation sites (tertiary alicyclic amines) is 2. The SMILES string of the molecule is CCOC(=O)N1CCC2(CC(N3CCC4(CC3)OC(=O)N(C3CC3)C4CC)C2)C1. The minimum absolute atomic E-state index is 0.0691. The maximum Gasteiger partial charge on any atom is 0.411 e. The minimum Gasteiger partial charge on any atom is -0.450 e. The summed E-state index contributed by atoms with van der Waals surface area (Å²) in [7, 11) is 0. The molecule has 7 heteroatoms. The molecule has 5 fully saturated rings. The van der Waals surface area contributed by atoms with Crippen molar-refractivity contribution in [1.29, 1.82) is 0 Å². The zero-order chi connectivity index (χ0) is 20.2. The molecule has 2 aliphatic carbocycles. The molecule has 1 unspecified atom stereocenters. The van der Waals surface area contributed by atoms with E-state index in [-0.39, 0.29) is 23.8 Å². The molecule has 1 atom stereocenters. The molecule has 3 heterocycles. The van der Waals surface area contributed by atoms with Crippen LogP contribution in [0.15, 0.2) is 0 Å². The quantitative estimate of drug-likeness (QED) is 0.719. The van der Waals surface area contributed by atoms with Crippen LogP contribution in [0.25, 0.3) is 0 Å². The highest BCUT2D eigenvalue weighted by Crippen LogP contribution is 2.52. The summed E-state index contributed by atoms with van der Waals surface area (Å²) in [6, 6.07) is 1.30. The molecular weight excluding hydrogens is 370 g/mol. The standard InChI is InChI=1S/C22H35N3O4/c1-3-18-22(29-20(27)25(18)16-5-6-16)8-11-23(12-9-22)17-13-21(14-17)7-10-24(15-21)19(26)28-4-2/h16-18H,3-15H2,1-2H3. The van der Waals surface area contributed by atoms with Gasteiger partial charge in [-0.25, -0.2) is 9.59 Å². The van der Waals surface area contributed by atoms with E-state index in [2.05, 4.69) is 16.7 Å². The van der Waals surface area contributed by atoms with Crippen molar-refractivity contribution in [2.45, 2.75) is 88.9 Å². The number of hydrogen-bond acceptors (Lipinski definition) is 5. The lowest BCUT2D eigenvalue weighted by Gasteiger charge is -2.53. The molecule has 3 saturated heterocycles. The van der Waals surface area contributed by atoms with E-state index in [0.29, 0.717) is 24.1 Å². The zero-order valence-electron chi connectivity index (χ0n) is 17.9. The molecule has 3 aliphatic heterocycles. The molecule has 0 aromatic rings. The fraction of sp³-hybridized carbons (Fsp3) is 0.909. The van der Waals surface area contributed by atoms with Crippen molar-refractivity contribution in [2.75, 3.05) is 32.8 Å². The highest BCUT2D eigenvalue weighted by atomic mass is 16.6. The van der Waals surface area contributed by atoms with E-state index >= 15 is 0 Å². The van der Waals surface area contributed by atoms with E-state index < -0.39 is 0 Å². The van der Waals surface area contributed by atoms with Crippen LogP contribution in [0.5, 0.6) is 0 Å². The number of hydrogen-bond donors (Lipinski definition) is 0. The first-order valence-electron chi connectivity index (χ1n) is 11.7. The van der Waals surface area contributed by atoms with Crippen LogP contribution in [0.4, 0.5) is 9.59 Å². The third-order valence-electron chi connectivity index (χ3n) is 8.23. The lowest BCUT2D eigenvalue weighted by atomic mass is 9.64. The summed E-state index contributed by atoms with van der Waals surface area (Å²) < 4.78 is 11.2. The summed E-state index contributed by atoms with van der Waals surface area (Å²) in [5, 5.41) is 0. The van der Waals surface area contributed by atoms with Gasteiger partial charge in [-0.05, 0) is 50.9 Å². The lowest BCUT2D eigenvalue weighted by Crippen LogP contribution is -2.58. The Morgan fingerprint density at radius 2 is 1.83 bits per heavy atom. The second-order valence-corrected chi connectivity index (χ2v) is 9.96. The summed E-state index contributed by atoms with van der Waals surface area (Å²) in [4.78, 5) is 31.1. The third kappa shape index (κ3) is 3.20. The van der Waals surface area contributed by atoms with E-state index in [4.69, 9.17) is 9.47 Å². The maximum absolute atomic E-state index is 12.5. The van der Waals surface area contributed by atoms with Gasteiger partial charge in [-0.2, -0.15) is 0 Å². The highest BCUT2D eigenvalue weighted by molar-refractivity contribution is 5.72. The van der Waals surface area contributed by atoms with Gasteiger partial charge in [0, 0.05) is 51.1 Å². The average Bonchev–Trinajstić information content (AvgIpc) is 3.34. The average molecular weight is 406 g/mol. The van der Waals surface area contributed by atoms with Gasteiger partial charge in [0.15, 0.2) is 0 Å². The summed E-state index contributed by atoms with van der Waals surface area (Å²) >= 11 is 0. The topological polar surface area (TPSA) is 62.3 Å². The predicted molar refractivity (Wildman–Crippen MR) is 108 cm³/mol. The van der Waals surface area contributed by atoms with Gasteiger partial charge >= 0.3 is 12.2 Å². The third-order valence-corrected chi connectivity index (χ3v) is 8.23. The minimum atomic E-state index is -0.263. The highest BCUT2D eigenvalue weighted by Gasteiger charge is 2.59. The second-order valence-electron chi connectivity index (χ2n) is 9.96. The largest absolute Gasteiger partial charge is 0.450 e. The van der Waals surface area contributed by atoms with Gasteiger partial charge in [0.1, 0.15) is 5.60 Å². The summed E-state index contributed by atoms with van der Waals surface area (Å²) in [6.07, 6.45) is 8.42. The summed E-state index contributed by atoms with van der Waals surface area (Å²) in [5.74, 6) is 0. The molecule has 0 N–H and O–H groups in total. The Morgan fingerprint density at radius 3 is 2.45 bits per heavy atom.